The van der Waals surface area contributed by atoms with E-state index in [0.29, 0.717) is 12.8 Å². The lowest BCUT2D eigenvalue weighted by molar-refractivity contribution is -0.152. The second-order valence-electron chi connectivity index (χ2n) is 10.6. The van der Waals surface area contributed by atoms with Crippen molar-refractivity contribution in [2.75, 3.05) is 13.2 Å². The number of hydrogen-bond donors (Lipinski definition) is 1. The molecule has 6 nitrogen and oxygen atoms in total. The largest absolute Gasteiger partial charge is 0.463 e. The average molecular weight is 575 g/mol. The lowest BCUT2D eigenvalue weighted by atomic mass is 10.1. The highest BCUT2D eigenvalue weighted by molar-refractivity contribution is 5.90. The Morgan fingerprint density at radius 1 is 0.585 bits per heavy atom. The van der Waals surface area contributed by atoms with Gasteiger partial charge in [-0.1, -0.05) is 121 Å². The van der Waals surface area contributed by atoms with E-state index < -0.39 is 12.1 Å². The molecule has 0 amide bonds. The summed E-state index contributed by atoms with van der Waals surface area (Å²) in [6.45, 7) is 4.01. The lowest BCUT2D eigenvalue weighted by Gasteiger charge is -2.12. The first-order valence-electron chi connectivity index (χ1n) is 16.1. The van der Waals surface area contributed by atoms with Gasteiger partial charge in [0.15, 0.2) is 5.78 Å². The van der Waals surface area contributed by atoms with Gasteiger partial charge in [0.1, 0.15) is 19.3 Å². The number of carbonyl (C=O) groups excluding carboxylic acids is 3. The van der Waals surface area contributed by atoms with Crippen molar-refractivity contribution < 1.29 is 29.0 Å². The van der Waals surface area contributed by atoms with Gasteiger partial charge in [-0.2, -0.15) is 0 Å². The molecule has 0 aromatic heterocycles. The number of ketones is 1. The Kier molecular flexibility index (Phi) is 28.7. The van der Waals surface area contributed by atoms with Crippen LogP contribution in [0.25, 0.3) is 0 Å². The maximum atomic E-state index is 11.9. The molecule has 0 spiro atoms. The van der Waals surface area contributed by atoms with Gasteiger partial charge in [0, 0.05) is 19.3 Å². The maximum absolute atomic E-state index is 11.9. The van der Waals surface area contributed by atoms with E-state index in [0.717, 1.165) is 38.5 Å². The summed E-state index contributed by atoms with van der Waals surface area (Å²) in [5.41, 5.74) is 0. The first-order chi connectivity index (χ1) is 20.0. The highest BCUT2D eigenvalue weighted by Crippen LogP contribution is 2.11. The van der Waals surface area contributed by atoms with Gasteiger partial charge < -0.3 is 14.6 Å². The quantitative estimate of drug-likeness (QED) is 0.0330. The predicted octanol–water partition coefficient (Wildman–Crippen LogP) is 8.68. The molecule has 0 bridgehead atoms. The molecule has 0 aromatic carbocycles. The Bertz CT molecular complexity index is 765. The fourth-order valence-electron chi connectivity index (χ4n) is 4.04. The van der Waals surface area contributed by atoms with Crippen molar-refractivity contribution in [3.05, 3.63) is 48.6 Å². The van der Waals surface area contributed by atoms with Crippen LogP contribution in [0, 0.1) is 0 Å². The molecule has 0 rings (SSSR count). The number of ether oxygens (including phenoxy) is 2. The van der Waals surface area contributed by atoms with Gasteiger partial charge >= 0.3 is 11.9 Å². The summed E-state index contributed by atoms with van der Waals surface area (Å²) in [5, 5.41) is 9.91. The lowest BCUT2D eigenvalue weighted by Crippen LogP contribution is -2.25. The van der Waals surface area contributed by atoms with E-state index in [2.05, 4.69) is 38.2 Å². The van der Waals surface area contributed by atoms with E-state index in [1.165, 1.54) is 63.9 Å². The van der Waals surface area contributed by atoms with Crippen LogP contribution in [0.3, 0.4) is 0 Å². The number of hydrogen-bond acceptors (Lipinski definition) is 6. The summed E-state index contributed by atoms with van der Waals surface area (Å²) in [6.07, 6.45) is 33.1. The molecule has 234 valence electrons. The zero-order chi connectivity index (χ0) is 30.2. The molecule has 0 saturated heterocycles. The predicted molar refractivity (Wildman–Crippen MR) is 169 cm³/mol. The summed E-state index contributed by atoms with van der Waals surface area (Å²) in [7, 11) is 0. The third kappa shape index (κ3) is 30.3. The molecule has 0 fully saturated rings. The number of allylic oxidation sites excluding steroid dienone is 8. The Hall–Kier alpha value is -2.47. The van der Waals surface area contributed by atoms with Crippen LogP contribution < -0.4 is 0 Å². The van der Waals surface area contributed by atoms with Crippen molar-refractivity contribution in [1.29, 1.82) is 0 Å². The zero-order valence-corrected chi connectivity index (χ0v) is 26.0. The molecule has 0 aliphatic rings. The topological polar surface area (TPSA) is 89.9 Å². The van der Waals surface area contributed by atoms with Gasteiger partial charge in [-0.15, -0.1) is 0 Å². The van der Waals surface area contributed by atoms with Gasteiger partial charge in [0.2, 0.25) is 0 Å². The standard InChI is InChI=1S/C35H58O6/c1-3-5-7-9-11-13-14-15-16-18-19-21-23-26-32(36)27-25-29-35(39)41-31-33(37)30-40-34(38)28-24-22-20-17-12-10-8-6-4-2/h11,13,15-16,19,21,23,26,33,37H,3-10,12,14,17-18,20,22,24-25,27-31H2,1-2H3/b13-11-,16-15-,21-19-,26-23+/t33-/m0/s1. The SMILES string of the molecule is CCCCC/C=C\C/C=C\C/C=C\C=C\C(=O)CCCC(=O)OC[C@@H](O)COC(=O)CCCCCCCCCCC. The van der Waals surface area contributed by atoms with E-state index in [4.69, 9.17) is 9.47 Å². The number of aliphatic hydroxyl groups is 1. The molecule has 6 heteroatoms. The second-order valence-corrected chi connectivity index (χ2v) is 10.6. The van der Waals surface area contributed by atoms with Gasteiger partial charge in [-0.3, -0.25) is 14.4 Å². The smallest absolute Gasteiger partial charge is 0.305 e. The van der Waals surface area contributed by atoms with Crippen LogP contribution >= 0.6 is 0 Å². The molecule has 1 N–H and O–H groups in total. The highest BCUT2D eigenvalue weighted by atomic mass is 16.6. The molecule has 0 radical (unpaired) electrons. The highest BCUT2D eigenvalue weighted by Gasteiger charge is 2.12. The van der Waals surface area contributed by atoms with Crippen molar-refractivity contribution in [2.24, 2.45) is 0 Å². The number of carbonyl (C=O) groups is 3. The van der Waals surface area contributed by atoms with Gasteiger partial charge in [-0.25, -0.2) is 0 Å². The van der Waals surface area contributed by atoms with Crippen molar-refractivity contribution in [2.45, 2.75) is 142 Å². The van der Waals surface area contributed by atoms with E-state index >= 15 is 0 Å². The fourth-order valence-corrected chi connectivity index (χ4v) is 4.04. The van der Waals surface area contributed by atoms with Crippen LogP contribution in [0.4, 0.5) is 0 Å². The van der Waals surface area contributed by atoms with E-state index in [-0.39, 0.29) is 37.8 Å². The molecule has 0 aliphatic heterocycles. The normalized spacial score (nSPS) is 12.7. The van der Waals surface area contributed by atoms with Crippen LogP contribution in [0.2, 0.25) is 0 Å². The second kappa shape index (κ2) is 30.5. The van der Waals surface area contributed by atoms with Crippen LogP contribution in [0.5, 0.6) is 0 Å². The first-order valence-corrected chi connectivity index (χ1v) is 16.1. The summed E-state index contributed by atoms with van der Waals surface area (Å²) in [4.78, 5) is 35.6. The van der Waals surface area contributed by atoms with E-state index in [1.807, 2.05) is 12.2 Å². The van der Waals surface area contributed by atoms with Crippen molar-refractivity contribution >= 4 is 17.7 Å². The van der Waals surface area contributed by atoms with Crippen LogP contribution in [0.1, 0.15) is 136 Å². The molecule has 1 atom stereocenters. The summed E-state index contributed by atoms with van der Waals surface area (Å²) in [6, 6.07) is 0. The van der Waals surface area contributed by atoms with Crippen LogP contribution in [-0.2, 0) is 23.9 Å². The number of unbranched alkanes of at least 4 members (excludes halogenated alkanes) is 11. The zero-order valence-electron chi connectivity index (χ0n) is 26.0. The van der Waals surface area contributed by atoms with E-state index in [9.17, 15) is 19.5 Å². The minimum atomic E-state index is -1.05. The van der Waals surface area contributed by atoms with E-state index in [1.54, 1.807) is 6.08 Å². The Balaban J connectivity index is 3.72. The van der Waals surface area contributed by atoms with Gasteiger partial charge in [0.25, 0.3) is 0 Å². The number of aliphatic hydroxyl groups excluding tert-OH is 1. The Morgan fingerprint density at radius 3 is 1.73 bits per heavy atom. The summed E-state index contributed by atoms with van der Waals surface area (Å²) < 4.78 is 10.1. The minimum absolute atomic E-state index is 0.0508. The first kappa shape index (κ1) is 38.5. The van der Waals surface area contributed by atoms with Gasteiger partial charge in [0.05, 0.1) is 0 Å². The molecule has 0 aliphatic carbocycles. The maximum Gasteiger partial charge on any atom is 0.305 e. The van der Waals surface area contributed by atoms with Crippen molar-refractivity contribution in [1.82, 2.24) is 0 Å². The van der Waals surface area contributed by atoms with Crippen molar-refractivity contribution in [3.8, 4) is 0 Å². The molecule has 0 saturated carbocycles. The molecule has 41 heavy (non-hydrogen) atoms. The van der Waals surface area contributed by atoms with Gasteiger partial charge in [-0.05, 0) is 44.6 Å². The molecule has 0 heterocycles. The minimum Gasteiger partial charge on any atom is -0.463 e. The molecular weight excluding hydrogens is 516 g/mol. The van der Waals surface area contributed by atoms with Crippen LogP contribution in [-0.4, -0.2) is 42.1 Å². The fraction of sp³-hybridized carbons (Fsp3) is 0.686. The Morgan fingerprint density at radius 2 is 1.10 bits per heavy atom. The third-order valence-corrected chi connectivity index (χ3v) is 6.54. The molecule has 0 unspecified atom stereocenters. The number of esters is 2. The molecule has 0 aromatic rings. The van der Waals surface area contributed by atoms with Crippen molar-refractivity contribution in [3.63, 3.8) is 0 Å². The number of rotatable bonds is 28. The summed E-state index contributed by atoms with van der Waals surface area (Å²) >= 11 is 0. The third-order valence-electron chi connectivity index (χ3n) is 6.54. The monoisotopic (exact) mass is 574 g/mol. The summed E-state index contributed by atoms with van der Waals surface area (Å²) in [5.74, 6) is -0.869. The van der Waals surface area contributed by atoms with Crippen LogP contribution in [0.15, 0.2) is 48.6 Å². The Labute approximate surface area is 250 Å². The molecular formula is C35H58O6. The average Bonchev–Trinajstić information content (AvgIpc) is 2.96.